The van der Waals surface area contributed by atoms with Crippen LogP contribution < -0.4 is 4.74 Å². The van der Waals surface area contributed by atoms with Gasteiger partial charge in [-0.15, -0.1) is 10.2 Å². The first-order chi connectivity index (χ1) is 14.6. The van der Waals surface area contributed by atoms with Crippen molar-refractivity contribution in [3.05, 3.63) is 88.8 Å². The third kappa shape index (κ3) is 3.25. The Balaban J connectivity index is 1.58. The molecule has 3 aromatic carbocycles. The molecule has 5 nitrogen and oxygen atoms in total. The zero-order chi connectivity index (χ0) is 20.7. The second-order valence-corrected chi connectivity index (χ2v) is 7.33. The first-order valence-corrected chi connectivity index (χ1v) is 9.75. The molecule has 2 aromatic heterocycles. The van der Waals surface area contributed by atoms with Gasteiger partial charge < -0.3 is 4.74 Å². The molecular formula is C23H16ClFN4O. The van der Waals surface area contributed by atoms with Gasteiger partial charge in [0.05, 0.1) is 21.7 Å². The molecule has 148 valence electrons. The second-order valence-electron chi connectivity index (χ2n) is 6.93. The summed E-state index contributed by atoms with van der Waals surface area (Å²) in [7, 11) is 0. The topological polar surface area (TPSA) is 52.3 Å². The van der Waals surface area contributed by atoms with Crippen LogP contribution in [0.25, 0.3) is 28.1 Å². The number of fused-ring (bicyclic) bond motifs is 3. The van der Waals surface area contributed by atoms with E-state index in [4.69, 9.17) is 16.3 Å². The van der Waals surface area contributed by atoms with E-state index < -0.39 is 0 Å². The Labute approximate surface area is 176 Å². The molecule has 0 saturated heterocycles. The molecule has 2 heterocycles. The van der Waals surface area contributed by atoms with Gasteiger partial charge in [-0.25, -0.2) is 9.37 Å². The van der Waals surface area contributed by atoms with E-state index in [1.54, 1.807) is 12.1 Å². The number of aryl methyl sites for hydroxylation is 1. The highest BCUT2D eigenvalue weighted by molar-refractivity contribution is 6.33. The van der Waals surface area contributed by atoms with Gasteiger partial charge >= 0.3 is 0 Å². The predicted octanol–water partition coefficient (Wildman–Crippen LogP) is 5.62. The molecule has 0 unspecified atom stereocenters. The first-order valence-electron chi connectivity index (χ1n) is 9.38. The summed E-state index contributed by atoms with van der Waals surface area (Å²) in [4.78, 5) is 4.67. The average Bonchev–Trinajstić information content (AvgIpc) is 3.19. The minimum absolute atomic E-state index is 0.267. The van der Waals surface area contributed by atoms with Crippen molar-refractivity contribution < 1.29 is 9.13 Å². The molecule has 0 spiro atoms. The first kappa shape index (κ1) is 18.5. The van der Waals surface area contributed by atoms with Crippen LogP contribution in [0.5, 0.6) is 5.75 Å². The molecule has 0 saturated carbocycles. The molecule has 5 aromatic rings. The van der Waals surface area contributed by atoms with Gasteiger partial charge in [0.15, 0.2) is 11.5 Å². The minimum atomic E-state index is -0.267. The van der Waals surface area contributed by atoms with E-state index in [0.29, 0.717) is 28.9 Å². The van der Waals surface area contributed by atoms with Crippen LogP contribution in [0.15, 0.2) is 66.7 Å². The molecular weight excluding hydrogens is 403 g/mol. The van der Waals surface area contributed by atoms with Crippen molar-refractivity contribution in [2.45, 2.75) is 13.5 Å². The molecule has 0 N–H and O–H groups in total. The summed E-state index contributed by atoms with van der Waals surface area (Å²) in [6, 6.07) is 19.5. The fourth-order valence-corrected chi connectivity index (χ4v) is 3.63. The van der Waals surface area contributed by atoms with E-state index >= 15 is 0 Å². The SMILES string of the molecule is Cc1nc2cc(OCc3ccc(F)cc3)ccc2n2c(-c3ccccc3Cl)nnc12. The maximum absolute atomic E-state index is 13.1. The fraction of sp³-hybridized carbons (Fsp3) is 0.0870. The molecule has 5 rings (SSSR count). The third-order valence-electron chi connectivity index (χ3n) is 4.90. The molecule has 0 aliphatic carbocycles. The Morgan fingerprint density at radius 3 is 2.60 bits per heavy atom. The summed E-state index contributed by atoms with van der Waals surface area (Å²) in [5.41, 5.74) is 4.72. The number of aromatic nitrogens is 4. The van der Waals surface area contributed by atoms with Crippen molar-refractivity contribution in [2.75, 3.05) is 0 Å². The fourth-order valence-electron chi connectivity index (χ4n) is 3.41. The van der Waals surface area contributed by atoms with Gasteiger partial charge in [-0.1, -0.05) is 35.9 Å². The smallest absolute Gasteiger partial charge is 0.183 e. The van der Waals surface area contributed by atoms with Crippen LogP contribution in [0.1, 0.15) is 11.3 Å². The van der Waals surface area contributed by atoms with Crippen LogP contribution >= 0.6 is 11.6 Å². The maximum atomic E-state index is 13.1. The molecule has 0 bridgehead atoms. The Kier molecular flexibility index (Phi) is 4.56. The Morgan fingerprint density at radius 1 is 1.00 bits per heavy atom. The summed E-state index contributed by atoms with van der Waals surface area (Å²) < 4.78 is 20.9. The normalized spacial score (nSPS) is 11.3. The zero-order valence-electron chi connectivity index (χ0n) is 16.0. The van der Waals surface area contributed by atoms with Gasteiger partial charge in [-0.05, 0) is 48.9 Å². The lowest BCUT2D eigenvalue weighted by Crippen LogP contribution is -1.99. The number of hydrogen-bond acceptors (Lipinski definition) is 4. The molecule has 0 fully saturated rings. The van der Waals surface area contributed by atoms with Crippen molar-refractivity contribution in [3.63, 3.8) is 0 Å². The molecule has 30 heavy (non-hydrogen) atoms. The van der Waals surface area contributed by atoms with Crippen LogP contribution in [0, 0.1) is 12.7 Å². The van der Waals surface area contributed by atoms with Crippen LogP contribution in [-0.2, 0) is 6.61 Å². The van der Waals surface area contributed by atoms with Gasteiger partial charge in [0, 0.05) is 11.6 Å². The molecule has 0 amide bonds. The Bertz CT molecular complexity index is 1380. The van der Waals surface area contributed by atoms with Crippen molar-refractivity contribution in [2.24, 2.45) is 0 Å². The minimum Gasteiger partial charge on any atom is -0.489 e. The second kappa shape index (κ2) is 7.39. The van der Waals surface area contributed by atoms with Gasteiger partial charge in [0.1, 0.15) is 18.2 Å². The monoisotopic (exact) mass is 418 g/mol. The van der Waals surface area contributed by atoms with E-state index in [1.807, 2.05) is 53.8 Å². The van der Waals surface area contributed by atoms with Crippen LogP contribution in [0.3, 0.4) is 0 Å². The summed E-state index contributed by atoms with van der Waals surface area (Å²) in [6.45, 7) is 2.23. The highest BCUT2D eigenvalue weighted by Gasteiger charge is 2.16. The Hall–Kier alpha value is -3.51. The summed E-state index contributed by atoms with van der Waals surface area (Å²) in [5.74, 6) is 1.06. The number of hydrogen-bond donors (Lipinski definition) is 0. The quantitative estimate of drug-likeness (QED) is 0.380. The lowest BCUT2D eigenvalue weighted by atomic mass is 10.2. The van der Waals surface area contributed by atoms with E-state index in [9.17, 15) is 4.39 Å². The average molecular weight is 419 g/mol. The Morgan fingerprint density at radius 2 is 1.80 bits per heavy atom. The molecule has 0 aliphatic heterocycles. The third-order valence-corrected chi connectivity index (χ3v) is 5.23. The van der Waals surface area contributed by atoms with Gasteiger partial charge in [0.25, 0.3) is 0 Å². The molecule has 0 atom stereocenters. The van der Waals surface area contributed by atoms with Crippen LogP contribution in [-0.4, -0.2) is 19.6 Å². The maximum Gasteiger partial charge on any atom is 0.183 e. The molecule has 0 radical (unpaired) electrons. The number of rotatable bonds is 4. The van der Waals surface area contributed by atoms with E-state index in [-0.39, 0.29) is 5.82 Å². The lowest BCUT2D eigenvalue weighted by molar-refractivity contribution is 0.306. The standard InChI is InChI=1S/C23H16ClFN4O/c1-14-22-27-28-23(18-4-2-3-5-19(18)24)29(22)21-11-10-17(12-20(21)26-14)30-13-15-6-8-16(25)9-7-15/h2-12H,13H2,1H3. The van der Waals surface area contributed by atoms with E-state index in [2.05, 4.69) is 15.2 Å². The van der Waals surface area contributed by atoms with Gasteiger partial charge in [0.2, 0.25) is 0 Å². The van der Waals surface area contributed by atoms with E-state index in [0.717, 1.165) is 27.9 Å². The number of benzene rings is 3. The van der Waals surface area contributed by atoms with Crippen molar-refractivity contribution in [3.8, 4) is 17.1 Å². The summed E-state index contributed by atoms with van der Waals surface area (Å²) >= 11 is 6.40. The summed E-state index contributed by atoms with van der Waals surface area (Å²) in [5, 5.41) is 9.30. The predicted molar refractivity (Wildman–Crippen MR) is 114 cm³/mol. The van der Waals surface area contributed by atoms with Gasteiger partial charge in [-0.3, -0.25) is 4.40 Å². The molecule has 7 heteroatoms. The van der Waals surface area contributed by atoms with Crippen LogP contribution in [0.2, 0.25) is 5.02 Å². The van der Waals surface area contributed by atoms with Crippen molar-refractivity contribution >= 4 is 28.3 Å². The van der Waals surface area contributed by atoms with Gasteiger partial charge in [-0.2, -0.15) is 0 Å². The van der Waals surface area contributed by atoms with Crippen molar-refractivity contribution in [1.82, 2.24) is 19.6 Å². The van der Waals surface area contributed by atoms with Crippen molar-refractivity contribution in [1.29, 1.82) is 0 Å². The highest BCUT2D eigenvalue weighted by Crippen LogP contribution is 2.30. The lowest BCUT2D eigenvalue weighted by Gasteiger charge is -2.10. The largest absolute Gasteiger partial charge is 0.489 e. The number of ether oxygens (including phenoxy) is 1. The number of nitrogens with zero attached hydrogens (tertiary/aromatic N) is 4. The summed E-state index contributed by atoms with van der Waals surface area (Å²) in [6.07, 6.45) is 0. The number of halogens is 2. The van der Waals surface area contributed by atoms with Crippen LogP contribution in [0.4, 0.5) is 4.39 Å². The zero-order valence-corrected chi connectivity index (χ0v) is 16.8. The molecule has 0 aliphatic rings. The highest BCUT2D eigenvalue weighted by atomic mass is 35.5. The van der Waals surface area contributed by atoms with E-state index in [1.165, 1.54) is 12.1 Å².